The van der Waals surface area contributed by atoms with E-state index in [0.29, 0.717) is 14.8 Å². The Hall–Kier alpha value is -1.38. The molecule has 0 aliphatic heterocycles. The van der Waals surface area contributed by atoms with Crippen LogP contribution in [-0.4, -0.2) is 9.97 Å². The molecule has 1 aromatic heterocycles. The third-order valence-corrected chi connectivity index (χ3v) is 3.82. The van der Waals surface area contributed by atoms with Crippen molar-refractivity contribution < 1.29 is 13.2 Å². The zero-order valence-corrected chi connectivity index (χ0v) is 12.0. The number of benzene rings is 1. The van der Waals surface area contributed by atoms with Gasteiger partial charge in [0, 0.05) is 5.56 Å². The lowest BCUT2D eigenvalue weighted by Gasteiger charge is -2.09. The number of hydrogen-bond donors (Lipinski definition) is 1. The standard InChI is InChI=1S/C12H9F3IN3/c1-6-9(16)10(17)19-11(18-6)7-3-2-4-8(5-7)12(13,14)15/h2-5H,1H3,(H2,17,18,19). The van der Waals surface area contributed by atoms with Gasteiger partial charge in [0.15, 0.2) is 5.82 Å². The number of nitrogen functional groups attached to an aromatic ring is 1. The Bertz CT molecular complexity index is 603. The topological polar surface area (TPSA) is 51.8 Å². The van der Waals surface area contributed by atoms with Gasteiger partial charge in [0.25, 0.3) is 0 Å². The maximum atomic E-state index is 12.6. The summed E-state index contributed by atoms with van der Waals surface area (Å²) in [5.74, 6) is 0.460. The molecule has 0 aliphatic carbocycles. The van der Waals surface area contributed by atoms with Gasteiger partial charge in [-0.25, -0.2) is 9.97 Å². The van der Waals surface area contributed by atoms with Gasteiger partial charge >= 0.3 is 6.18 Å². The normalized spacial score (nSPS) is 11.6. The molecular formula is C12H9F3IN3. The van der Waals surface area contributed by atoms with Crippen molar-refractivity contribution in [1.29, 1.82) is 0 Å². The molecule has 0 bridgehead atoms. The number of aryl methyl sites for hydroxylation is 1. The number of alkyl halides is 3. The van der Waals surface area contributed by atoms with E-state index in [1.165, 1.54) is 12.1 Å². The average molecular weight is 379 g/mol. The zero-order chi connectivity index (χ0) is 14.2. The van der Waals surface area contributed by atoms with Gasteiger partial charge in [-0.05, 0) is 41.6 Å². The van der Waals surface area contributed by atoms with E-state index in [1.807, 2.05) is 22.6 Å². The number of rotatable bonds is 1. The minimum Gasteiger partial charge on any atom is -0.383 e. The highest BCUT2D eigenvalue weighted by molar-refractivity contribution is 14.1. The Labute approximate surface area is 121 Å². The summed E-state index contributed by atoms with van der Waals surface area (Å²) >= 11 is 1.99. The van der Waals surface area contributed by atoms with Crippen molar-refractivity contribution in [3.05, 3.63) is 39.1 Å². The van der Waals surface area contributed by atoms with E-state index in [9.17, 15) is 13.2 Å². The zero-order valence-electron chi connectivity index (χ0n) is 9.79. The van der Waals surface area contributed by atoms with E-state index in [-0.39, 0.29) is 11.6 Å². The smallest absolute Gasteiger partial charge is 0.383 e. The van der Waals surface area contributed by atoms with Gasteiger partial charge in [0.05, 0.1) is 14.8 Å². The summed E-state index contributed by atoms with van der Waals surface area (Å²) in [5.41, 5.74) is 5.90. The van der Waals surface area contributed by atoms with Crippen LogP contribution < -0.4 is 5.73 Å². The Morgan fingerprint density at radius 2 is 1.89 bits per heavy atom. The largest absolute Gasteiger partial charge is 0.416 e. The van der Waals surface area contributed by atoms with E-state index >= 15 is 0 Å². The molecule has 100 valence electrons. The van der Waals surface area contributed by atoms with E-state index < -0.39 is 11.7 Å². The first-order chi connectivity index (χ1) is 8.79. The Balaban J connectivity index is 2.54. The molecule has 2 N–H and O–H groups in total. The number of aromatic nitrogens is 2. The van der Waals surface area contributed by atoms with E-state index in [1.54, 1.807) is 6.92 Å². The predicted molar refractivity (Wildman–Crippen MR) is 74.3 cm³/mol. The fraction of sp³-hybridized carbons (Fsp3) is 0.167. The Kier molecular flexibility index (Phi) is 3.66. The first-order valence-corrected chi connectivity index (χ1v) is 6.34. The van der Waals surface area contributed by atoms with E-state index in [2.05, 4.69) is 9.97 Å². The van der Waals surface area contributed by atoms with Crippen LogP contribution in [0.2, 0.25) is 0 Å². The van der Waals surface area contributed by atoms with Crippen LogP contribution in [0.5, 0.6) is 0 Å². The summed E-state index contributed by atoms with van der Waals surface area (Å²) in [5, 5.41) is 0. The van der Waals surface area contributed by atoms with Crippen molar-refractivity contribution in [3.63, 3.8) is 0 Å². The van der Waals surface area contributed by atoms with Crippen molar-refractivity contribution in [2.45, 2.75) is 13.1 Å². The fourth-order valence-corrected chi connectivity index (χ4v) is 1.79. The molecule has 7 heteroatoms. The predicted octanol–water partition coefficient (Wildman–Crippen LogP) is 3.66. The summed E-state index contributed by atoms with van der Waals surface area (Å²) < 4.78 is 38.6. The SMILES string of the molecule is Cc1nc(-c2cccc(C(F)(F)F)c2)nc(N)c1I. The molecule has 0 aliphatic rings. The molecule has 0 radical (unpaired) electrons. The summed E-state index contributed by atoms with van der Waals surface area (Å²) in [6, 6.07) is 4.87. The molecule has 0 atom stereocenters. The van der Waals surface area contributed by atoms with Gasteiger partial charge in [-0.3, -0.25) is 0 Å². The molecule has 0 saturated heterocycles. The van der Waals surface area contributed by atoms with Gasteiger partial charge in [0.1, 0.15) is 5.82 Å². The lowest BCUT2D eigenvalue weighted by atomic mass is 10.1. The Morgan fingerprint density at radius 1 is 1.21 bits per heavy atom. The van der Waals surface area contributed by atoms with Gasteiger partial charge in [-0.2, -0.15) is 13.2 Å². The molecule has 1 heterocycles. The number of nitrogens with zero attached hydrogens (tertiary/aromatic N) is 2. The lowest BCUT2D eigenvalue weighted by Crippen LogP contribution is -2.06. The van der Waals surface area contributed by atoms with Crippen LogP contribution in [0.3, 0.4) is 0 Å². The van der Waals surface area contributed by atoms with Crippen LogP contribution in [0.15, 0.2) is 24.3 Å². The molecule has 0 fully saturated rings. The monoisotopic (exact) mass is 379 g/mol. The minimum atomic E-state index is -4.39. The highest BCUT2D eigenvalue weighted by Gasteiger charge is 2.30. The highest BCUT2D eigenvalue weighted by Crippen LogP contribution is 2.31. The van der Waals surface area contributed by atoms with E-state index in [0.717, 1.165) is 12.1 Å². The second-order valence-corrected chi connectivity index (χ2v) is 4.99. The van der Waals surface area contributed by atoms with Crippen molar-refractivity contribution in [3.8, 4) is 11.4 Å². The van der Waals surface area contributed by atoms with Gasteiger partial charge < -0.3 is 5.73 Å². The van der Waals surface area contributed by atoms with Crippen LogP contribution in [0.4, 0.5) is 19.0 Å². The number of nitrogens with two attached hydrogens (primary N) is 1. The quantitative estimate of drug-likeness (QED) is 0.770. The first-order valence-electron chi connectivity index (χ1n) is 5.26. The molecule has 19 heavy (non-hydrogen) atoms. The van der Waals surface area contributed by atoms with Crippen LogP contribution in [0.25, 0.3) is 11.4 Å². The maximum Gasteiger partial charge on any atom is 0.416 e. The van der Waals surface area contributed by atoms with Crippen molar-refractivity contribution in [1.82, 2.24) is 9.97 Å². The van der Waals surface area contributed by atoms with Crippen molar-refractivity contribution in [2.24, 2.45) is 0 Å². The lowest BCUT2D eigenvalue weighted by molar-refractivity contribution is -0.137. The molecule has 0 amide bonds. The first kappa shape index (κ1) is 14.0. The van der Waals surface area contributed by atoms with Crippen molar-refractivity contribution >= 4 is 28.4 Å². The summed E-state index contributed by atoms with van der Waals surface area (Å²) in [4.78, 5) is 8.18. The molecule has 0 saturated carbocycles. The maximum absolute atomic E-state index is 12.6. The van der Waals surface area contributed by atoms with Gasteiger partial charge in [-0.1, -0.05) is 12.1 Å². The summed E-state index contributed by atoms with van der Waals surface area (Å²) in [7, 11) is 0. The number of halogens is 4. The molecule has 2 aromatic rings. The van der Waals surface area contributed by atoms with Crippen molar-refractivity contribution in [2.75, 3.05) is 5.73 Å². The van der Waals surface area contributed by atoms with Crippen LogP contribution in [0, 0.1) is 10.5 Å². The van der Waals surface area contributed by atoms with E-state index in [4.69, 9.17) is 5.73 Å². The number of anilines is 1. The highest BCUT2D eigenvalue weighted by atomic mass is 127. The van der Waals surface area contributed by atoms with Crippen LogP contribution >= 0.6 is 22.6 Å². The van der Waals surface area contributed by atoms with Crippen LogP contribution in [0.1, 0.15) is 11.3 Å². The third kappa shape index (κ3) is 2.96. The molecule has 2 rings (SSSR count). The fourth-order valence-electron chi connectivity index (χ4n) is 1.55. The molecule has 0 spiro atoms. The second kappa shape index (κ2) is 4.95. The summed E-state index contributed by atoms with van der Waals surface area (Å²) in [6.07, 6.45) is -4.39. The molecule has 0 unspecified atom stereocenters. The second-order valence-electron chi connectivity index (χ2n) is 3.91. The Morgan fingerprint density at radius 3 is 2.47 bits per heavy atom. The minimum absolute atomic E-state index is 0.196. The molecule has 3 nitrogen and oxygen atoms in total. The molecular weight excluding hydrogens is 370 g/mol. The van der Waals surface area contributed by atoms with Gasteiger partial charge in [-0.15, -0.1) is 0 Å². The number of hydrogen-bond acceptors (Lipinski definition) is 3. The average Bonchev–Trinajstić information content (AvgIpc) is 2.34. The molecule has 1 aromatic carbocycles. The summed E-state index contributed by atoms with van der Waals surface area (Å²) in [6.45, 7) is 1.73. The van der Waals surface area contributed by atoms with Crippen LogP contribution in [-0.2, 0) is 6.18 Å². The van der Waals surface area contributed by atoms with Gasteiger partial charge in [0.2, 0.25) is 0 Å². The third-order valence-electron chi connectivity index (χ3n) is 2.49.